The summed E-state index contributed by atoms with van der Waals surface area (Å²) >= 11 is 0. The van der Waals surface area contributed by atoms with Crippen LogP contribution in [0.4, 0.5) is 0 Å². The molecule has 0 aromatic carbocycles. The van der Waals surface area contributed by atoms with E-state index in [1.165, 1.54) is 32.1 Å². The van der Waals surface area contributed by atoms with E-state index < -0.39 is 0 Å². The SMILES string of the molecule is CCC1(C(Cc2ccn(C(C)C)n2)NN)CCCC1. The molecule has 108 valence electrons. The van der Waals surface area contributed by atoms with Crippen molar-refractivity contribution >= 4 is 0 Å². The Bertz CT molecular complexity index is 391. The first-order valence-corrected chi connectivity index (χ1v) is 7.61. The maximum absolute atomic E-state index is 5.84. The summed E-state index contributed by atoms with van der Waals surface area (Å²) in [7, 11) is 0. The van der Waals surface area contributed by atoms with Crippen LogP contribution in [0.1, 0.15) is 64.6 Å². The second kappa shape index (κ2) is 6.06. The highest BCUT2D eigenvalue weighted by Gasteiger charge is 2.39. The quantitative estimate of drug-likeness (QED) is 0.613. The van der Waals surface area contributed by atoms with Crippen molar-refractivity contribution in [3.05, 3.63) is 18.0 Å². The van der Waals surface area contributed by atoms with Gasteiger partial charge in [-0.2, -0.15) is 5.10 Å². The van der Waals surface area contributed by atoms with E-state index in [0.29, 0.717) is 17.5 Å². The van der Waals surface area contributed by atoms with Crippen molar-refractivity contribution < 1.29 is 0 Å². The minimum absolute atomic E-state index is 0.343. The molecule has 0 radical (unpaired) electrons. The lowest BCUT2D eigenvalue weighted by Gasteiger charge is -2.36. The number of hydrogen-bond acceptors (Lipinski definition) is 3. The number of hydrazine groups is 1. The van der Waals surface area contributed by atoms with Gasteiger partial charge in [0.05, 0.1) is 5.69 Å². The van der Waals surface area contributed by atoms with E-state index in [1.807, 2.05) is 4.68 Å². The fourth-order valence-corrected chi connectivity index (χ4v) is 3.46. The summed E-state index contributed by atoms with van der Waals surface area (Å²) in [5.41, 5.74) is 4.59. The third-order valence-electron chi connectivity index (χ3n) is 4.85. The molecule has 1 aliphatic carbocycles. The molecule has 0 amide bonds. The van der Waals surface area contributed by atoms with Crippen molar-refractivity contribution in [1.29, 1.82) is 0 Å². The standard InChI is InChI=1S/C15H28N4/c1-4-15(8-5-6-9-15)14(17-16)11-13-7-10-19(18-13)12(2)3/h7,10,12,14,17H,4-6,8-9,11,16H2,1-3H3. The van der Waals surface area contributed by atoms with Crippen molar-refractivity contribution in [2.24, 2.45) is 11.3 Å². The molecule has 19 heavy (non-hydrogen) atoms. The van der Waals surface area contributed by atoms with Crippen LogP contribution in [0.15, 0.2) is 12.3 Å². The predicted molar refractivity (Wildman–Crippen MR) is 78.6 cm³/mol. The zero-order chi connectivity index (χ0) is 13.9. The molecule has 2 rings (SSSR count). The second-order valence-corrected chi connectivity index (χ2v) is 6.23. The zero-order valence-corrected chi connectivity index (χ0v) is 12.5. The van der Waals surface area contributed by atoms with Gasteiger partial charge in [0.25, 0.3) is 0 Å². The van der Waals surface area contributed by atoms with Gasteiger partial charge >= 0.3 is 0 Å². The molecule has 0 saturated heterocycles. The lowest BCUT2D eigenvalue weighted by molar-refractivity contribution is 0.184. The average Bonchev–Trinajstić information content (AvgIpc) is 3.05. The van der Waals surface area contributed by atoms with Gasteiger partial charge in [-0.1, -0.05) is 19.8 Å². The molecule has 1 aliphatic rings. The molecule has 3 N–H and O–H groups in total. The Kier molecular flexibility index (Phi) is 4.63. The molecule has 1 saturated carbocycles. The van der Waals surface area contributed by atoms with E-state index in [2.05, 4.69) is 43.6 Å². The van der Waals surface area contributed by atoms with Crippen LogP contribution in [0.3, 0.4) is 0 Å². The minimum atomic E-state index is 0.343. The van der Waals surface area contributed by atoms with Gasteiger partial charge in [0.1, 0.15) is 0 Å². The first-order valence-electron chi connectivity index (χ1n) is 7.61. The van der Waals surface area contributed by atoms with Crippen LogP contribution >= 0.6 is 0 Å². The van der Waals surface area contributed by atoms with Crippen molar-refractivity contribution in [3.8, 4) is 0 Å². The largest absolute Gasteiger partial charge is 0.271 e. The molecular formula is C15H28N4. The van der Waals surface area contributed by atoms with Crippen LogP contribution in [-0.4, -0.2) is 15.8 Å². The fourth-order valence-electron chi connectivity index (χ4n) is 3.46. The first-order chi connectivity index (χ1) is 9.11. The lowest BCUT2D eigenvalue weighted by Crippen LogP contribution is -2.48. The topological polar surface area (TPSA) is 55.9 Å². The van der Waals surface area contributed by atoms with Crippen LogP contribution < -0.4 is 11.3 Å². The average molecular weight is 264 g/mol. The van der Waals surface area contributed by atoms with E-state index in [1.54, 1.807) is 0 Å². The summed E-state index contributed by atoms with van der Waals surface area (Å²) in [5, 5.41) is 4.66. The predicted octanol–water partition coefficient (Wildman–Crippen LogP) is 2.81. The Labute approximate surface area is 116 Å². The van der Waals surface area contributed by atoms with E-state index in [0.717, 1.165) is 12.1 Å². The molecule has 1 heterocycles. The maximum Gasteiger partial charge on any atom is 0.0640 e. The van der Waals surface area contributed by atoms with E-state index >= 15 is 0 Å². The maximum atomic E-state index is 5.84. The minimum Gasteiger partial charge on any atom is -0.271 e. The molecule has 1 fully saturated rings. The van der Waals surface area contributed by atoms with Crippen LogP contribution in [0.25, 0.3) is 0 Å². The van der Waals surface area contributed by atoms with E-state index in [-0.39, 0.29) is 0 Å². The number of rotatable bonds is 6. The number of nitrogens with two attached hydrogens (primary N) is 1. The van der Waals surface area contributed by atoms with E-state index in [4.69, 9.17) is 5.84 Å². The molecular weight excluding hydrogens is 236 g/mol. The second-order valence-electron chi connectivity index (χ2n) is 6.23. The molecule has 1 unspecified atom stereocenters. The molecule has 4 heteroatoms. The molecule has 0 spiro atoms. The van der Waals surface area contributed by atoms with Gasteiger partial charge < -0.3 is 0 Å². The highest BCUT2D eigenvalue weighted by Crippen LogP contribution is 2.44. The van der Waals surface area contributed by atoms with Crippen molar-refractivity contribution in [2.45, 2.75) is 71.4 Å². The third kappa shape index (κ3) is 3.00. The van der Waals surface area contributed by atoms with Crippen LogP contribution in [0.2, 0.25) is 0 Å². The Morgan fingerprint density at radius 3 is 2.58 bits per heavy atom. The fraction of sp³-hybridized carbons (Fsp3) is 0.800. The van der Waals surface area contributed by atoms with Crippen molar-refractivity contribution in [3.63, 3.8) is 0 Å². The van der Waals surface area contributed by atoms with Gasteiger partial charge in [-0.25, -0.2) is 0 Å². The summed E-state index contributed by atoms with van der Waals surface area (Å²) in [5.74, 6) is 5.84. The van der Waals surface area contributed by atoms with Crippen LogP contribution in [-0.2, 0) is 6.42 Å². The van der Waals surface area contributed by atoms with Gasteiger partial charge in [-0.3, -0.25) is 16.0 Å². The summed E-state index contributed by atoms with van der Waals surface area (Å²) in [6, 6.07) is 2.89. The van der Waals surface area contributed by atoms with Gasteiger partial charge in [0.15, 0.2) is 0 Å². The Hall–Kier alpha value is -0.870. The van der Waals surface area contributed by atoms with Crippen molar-refractivity contribution in [1.82, 2.24) is 15.2 Å². The highest BCUT2D eigenvalue weighted by atomic mass is 15.3. The van der Waals surface area contributed by atoms with Gasteiger partial charge in [0, 0.05) is 24.7 Å². The molecule has 0 bridgehead atoms. The van der Waals surface area contributed by atoms with Gasteiger partial charge in [0.2, 0.25) is 0 Å². The number of nitrogens with zero attached hydrogens (tertiary/aromatic N) is 2. The Morgan fingerprint density at radius 2 is 2.11 bits per heavy atom. The molecule has 1 aromatic heterocycles. The molecule has 4 nitrogen and oxygen atoms in total. The van der Waals surface area contributed by atoms with E-state index in [9.17, 15) is 0 Å². The molecule has 1 atom stereocenters. The van der Waals surface area contributed by atoms with Crippen LogP contribution in [0.5, 0.6) is 0 Å². The Balaban J connectivity index is 2.09. The monoisotopic (exact) mass is 264 g/mol. The highest BCUT2D eigenvalue weighted by molar-refractivity contribution is 5.06. The first kappa shape index (κ1) is 14.5. The smallest absolute Gasteiger partial charge is 0.0640 e. The van der Waals surface area contributed by atoms with Gasteiger partial charge in [-0.05, 0) is 44.6 Å². The summed E-state index contributed by atoms with van der Waals surface area (Å²) < 4.78 is 2.02. The molecule has 1 aromatic rings. The normalized spacial score (nSPS) is 20.1. The summed E-state index contributed by atoms with van der Waals surface area (Å²) in [4.78, 5) is 0. The lowest BCUT2D eigenvalue weighted by atomic mass is 9.75. The zero-order valence-electron chi connectivity index (χ0n) is 12.5. The number of nitrogens with one attached hydrogen (secondary N) is 1. The molecule has 0 aliphatic heterocycles. The summed E-state index contributed by atoms with van der Waals surface area (Å²) in [6.45, 7) is 6.60. The Morgan fingerprint density at radius 1 is 1.42 bits per heavy atom. The van der Waals surface area contributed by atoms with Gasteiger partial charge in [-0.15, -0.1) is 0 Å². The number of hydrogen-bond donors (Lipinski definition) is 2. The van der Waals surface area contributed by atoms with Crippen LogP contribution in [0, 0.1) is 5.41 Å². The third-order valence-corrected chi connectivity index (χ3v) is 4.85. The van der Waals surface area contributed by atoms with Crippen molar-refractivity contribution in [2.75, 3.05) is 0 Å². The number of aromatic nitrogens is 2. The summed E-state index contributed by atoms with van der Waals surface area (Å²) in [6.07, 6.45) is 9.48.